The molecule has 1 fully saturated rings. The first-order valence-electron chi connectivity index (χ1n) is 6.31. The van der Waals surface area contributed by atoms with Gasteiger partial charge in [-0.3, -0.25) is 9.88 Å². The lowest BCUT2D eigenvalue weighted by Gasteiger charge is -2.37. The summed E-state index contributed by atoms with van der Waals surface area (Å²) < 4.78 is 5.68. The van der Waals surface area contributed by atoms with Gasteiger partial charge in [0.15, 0.2) is 0 Å². The Morgan fingerprint density at radius 2 is 2.47 bits per heavy atom. The van der Waals surface area contributed by atoms with E-state index in [2.05, 4.69) is 16.8 Å². The van der Waals surface area contributed by atoms with Crippen LogP contribution in [-0.2, 0) is 4.74 Å². The largest absolute Gasteiger partial charge is 0.376 e. The molecule has 0 bridgehead atoms. The maximum absolute atomic E-state index is 5.90. The molecule has 2 N–H and O–H groups in total. The third-order valence-corrected chi connectivity index (χ3v) is 3.32. The molecule has 1 saturated heterocycles. The monoisotopic (exact) mass is 235 g/mol. The van der Waals surface area contributed by atoms with Crippen LogP contribution in [0.3, 0.4) is 0 Å². The molecule has 0 saturated carbocycles. The highest BCUT2D eigenvalue weighted by molar-refractivity contribution is 5.09. The Morgan fingerprint density at radius 1 is 1.59 bits per heavy atom. The molecule has 1 aliphatic rings. The number of nitrogens with zero attached hydrogens (tertiary/aromatic N) is 2. The van der Waals surface area contributed by atoms with Gasteiger partial charge in [-0.1, -0.05) is 13.0 Å². The molecule has 2 atom stereocenters. The fourth-order valence-corrected chi connectivity index (χ4v) is 2.30. The Morgan fingerprint density at radius 3 is 3.12 bits per heavy atom. The van der Waals surface area contributed by atoms with E-state index in [1.165, 1.54) is 0 Å². The summed E-state index contributed by atoms with van der Waals surface area (Å²) in [5, 5.41) is 0. The number of ether oxygens (including phenoxy) is 1. The second kappa shape index (κ2) is 6.10. The predicted molar refractivity (Wildman–Crippen MR) is 67.6 cm³/mol. The lowest BCUT2D eigenvalue weighted by Crippen LogP contribution is -2.46. The molecule has 94 valence electrons. The van der Waals surface area contributed by atoms with Crippen molar-refractivity contribution in [3.05, 3.63) is 30.1 Å². The van der Waals surface area contributed by atoms with E-state index >= 15 is 0 Å². The number of nitrogens with two attached hydrogens (primary N) is 1. The Kier molecular flexibility index (Phi) is 4.48. The van der Waals surface area contributed by atoms with Gasteiger partial charge in [0.25, 0.3) is 0 Å². The van der Waals surface area contributed by atoms with Crippen molar-refractivity contribution >= 4 is 0 Å². The summed E-state index contributed by atoms with van der Waals surface area (Å²) in [5.41, 5.74) is 6.96. The molecule has 1 aliphatic heterocycles. The normalized spacial score (nSPS) is 23.5. The van der Waals surface area contributed by atoms with Crippen molar-refractivity contribution in [2.75, 3.05) is 26.2 Å². The molecular weight excluding hydrogens is 214 g/mol. The number of rotatable bonds is 4. The molecule has 0 aliphatic carbocycles. The molecule has 1 aromatic heterocycles. The first-order valence-corrected chi connectivity index (χ1v) is 6.31. The minimum absolute atomic E-state index is 0.217. The van der Waals surface area contributed by atoms with Gasteiger partial charge >= 0.3 is 0 Å². The topological polar surface area (TPSA) is 51.4 Å². The summed E-state index contributed by atoms with van der Waals surface area (Å²) in [6.07, 6.45) is 3.22. The van der Waals surface area contributed by atoms with E-state index < -0.39 is 0 Å². The average Bonchev–Trinajstić information content (AvgIpc) is 2.41. The number of pyridine rings is 1. The third-order valence-electron chi connectivity index (χ3n) is 3.32. The highest BCUT2D eigenvalue weighted by Crippen LogP contribution is 2.21. The Balaban J connectivity index is 2.08. The molecule has 0 aromatic carbocycles. The van der Waals surface area contributed by atoms with Gasteiger partial charge in [0.1, 0.15) is 0 Å². The summed E-state index contributed by atoms with van der Waals surface area (Å²) >= 11 is 0. The summed E-state index contributed by atoms with van der Waals surface area (Å²) in [4.78, 5) is 6.80. The van der Waals surface area contributed by atoms with Gasteiger partial charge in [-0.25, -0.2) is 0 Å². The Hall–Kier alpha value is -0.970. The van der Waals surface area contributed by atoms with Crippen molar-refractivity contribution in [2.24, 2.45) is 5.73 Å². The third kappa shape index (κ3) is 3.03. The van der Waals surface area contributed by atoms with Gasteiger partial charge in [0.2, 0.25) is 0 Å². The lowest BCUT2D eigenvalue weighted by atomic mass is 10.1. The molecule has 4 nitrogen and oxygen atoms in total. The first-order chi connectivity index (χ1) is 8.35. The lowest BCUT2D eigenvalue weighted by molar-refractivity contribution is -0.0442. The fourth-order valence-electron chi connectivity index (χ4n) is 2.30. The highest BCUT2D eigenvalue weighted by Gasteiger charge is 2.26. The van der Waals surface area contributed by atoms with Gasteiger partial charge in [-0.2, -0.15) is 0 Å². The van der Waals surface area contributed by atoms with Gasteiger partial charge in [-0.15, -0.1) is 0 Å². The highest BCUT2D eigenvalue weighted by atomic mass is 16.5. The van der Waals surface area contributed by atoms with Crippen molar-refractivity contribution in [3.8, 4) is 0 Å². The number of aromatic nitrogens is 1. The molecule has 2 heterocycles. The zero-order valence-electron chi connectivity index (χ0n) is 10.4. The summed E-state index contributed by atoms with van der Waals surface area (Å²) in [6.45, 7) is 5.45. The van der Waals surface area contributed by atoms with Crippen molar-refractivity contribution < 1.29 is 4.74 Å². The average molecular weight is 235 g/mol. The van der Waals surface area contributed by atoms with Crippen LogP contribution in [0.2, 0.25) is 0 Å². The standard InChI is InChI=1S/C13H21N3O/c1-2-11-10-16(7-8-17-11)13(9-14)12-5-3-4-6-15-12/h3-6,11,13H,2,7-10,14H2,1H3. The Labute approximate surface area is 103 Å². The second-order valence-corrected chi connectivity index (χ2v) is 4.40. The maximum atomic E-state index is 5.90. The van der Waals surface area contributed by atoms with Crippen LogP contribution in [0, 0.1) is 0 Å². The minimum atomic E-state index is 0.217. The van der Waals surface area contributed by atoms with E-state index in [9.17, 15) is 0 Å². The van der Waals surface area contributed by atoms with Crippen LogP contribution in [0.4, 0.5) is 0 Å². The minimum Gasteiger partial charge on any atom is -0.376 e. The zero-order valence-corrected chi connectivity index (χ0v) is 10.4. The molecular formula is C13H21N3O. The van der Waals surface area contributed by atoms with Crippen LogP contribution in [0.25, 0.3) is 0 Å². The summed E-state index contributed by atoms with van der Waals surface area (Å²) in [7, 11) is 0. The molecule has 0 spiro atoms. The fraction of sp³-hybridized carbons (Fsp3) is 0.615. The van der Waals surface area contributed by atoms with Crippen LogP contribution in [0.5, 0.6) is 0 Å². The second-order valence-electron chi connectivity index (χ2n) is 4.40. The maximum Gasteiger partial charge on any atom is 0.0700 e. The summed E-state index contributed by atoms with van der Waals surface area (Å²) in [6, 6.07) is 6.22. The number of morpholine rings is 1. The van der Waals surface area contributed by atoms with E-state index in [0.717, 1.165) is 31.8 Å². The van der Waals surface area contributed by atoms with Crippen molar-refractivity contribution in [1.29, 1.82) is 0 Å². The van der Waals surface area contributed by atoms with Crippen molar-refractivity contribution in [3.63, 3.8) is 0 Å². The molecule has 1 aromatic rings. The summed E-state index contributed by atoms with van der Waals surface area (Å²) in [5.74, 6) is 0. The van der Waals surface area contributed by atoms with E-state index in [1.807, 2.05) is 24.4 Å². The van der Waals surface area contributed by atoms with Gasteiger partial charge < -0.3 is 10.5 Å². The number of hydrogen-bond acceptors (Lipinski definition) is 4. The Bertz CT molecular complexity index is 331. The molecule has 2 unspecified atom stereocenters. The molecule has 4 heteroatoms. The smallest absolute Gasteiger partial charge is 0.0700 e. The molecule has 2 rings (SSSR count). The molecule has 0 radical (unpaired) electrons. The van der Waals surface area contributed by atoms with E-state index in [-0.39, 0.29) is 6.04 Å². The van der Waals surface area contributed by atoms with E-state index in [1.54, 1.807) is 0 Å². The molecule has 0 amide bonds. The number of hydrogen-bond donors (Lipinski definition) is 1. The van der Waals surface area contributed by atoms with Crippen LogP contribution >= 0.6 is 0 Å². The first kappa shape index (κ1) is 12.5. The quantitative estimate of drug-likeness (QED) is 0.852. The van der Waals surface area contributed by atoms with Gasteiger partial charge in [0, 0.05) is 25.8 Å². The molecule has 17 heavy (non-hydrogen) atoms. The van der Waals surface area contributed by atoms with Crippen molar-refractivity contribution in [2.45, 2.75) is 25.5 Å². The zero-order chi connectivity index (χ0) is 12.1. The van der Waals surface area contributed by atoms with E-state index in [0.29, 0.717) is 12.6 Å². The van der Waals surface area contributed by atoms with Crippen LogP contribution in [-0.4, -0.2) is 42.2 Å². The van der Waals surface area contributed by atoms with E-state index in [4.69, 9.17) is 10.5 Å². The van der Waals surface area contributed by atoms with Crippen LogP contribution < -0.4 is 5.73 Å². The predicted octanol–water partition coefficient (Wildman–Crippen LogP) is 1.19. The van der Waals surface area contributed by atoms with Crippen LogP contribution in [0.15, 0.2) is 24.4 Å². The van der Waals surface area contributed by atoms with Crippen LogP contribution in [0.1, 0.15) is 25.1 Å². The van der Waals surface area contributed by atoms with Gasteiger partial charge in [0.05, 0.1) is 24.4 Å². The van der Waals surface area contributed by atoms with Gasteiger partial charge in [-0.05, 0) is 18.6 Å². The van der Waals surface area contributed by atoms with Crippen molar-refractivity contribution in [1.82, 2.24) is 9.88 Å². The SMILES string of the molecule is CCC1CN(C(CN)c2ccccn2)CCO1.